The van der Waals surface area contributed by atoms with Crippen molar-refractivity contribution in [3.8, 4) is 10.7 Å². The van der Waals surface area contributed by atoms with E-state index in [0.29, 0.717) is 18.1 Å². The predicted molar refractivity (Wildman–Crippen MR) is 107 cm³/mol. The molecule has 2 aromatic rings. The van der Waals surface area contributed by atoms with Crippen LogP contribution in [0.3, 0.4) is 0 Å². The Bertz CT molecular complexity index is 759. The quantitative estimate of drug-likeness (QED) is 0.700. The van der Waals surface area contributed by atoms with Gasteiger partial charge in [-0.15, -0.1) is 21.5 Å². The molecule has 0 unspecified atom stereocenters. The molecular weight excluding hydrogens is 364 g/mol. The Labute approximate surface area is 163 Å². The monoisotopic (exact) mass is 390 g/mol. The number of thioether (sulfide) groups is 1. The third kappa shape index (κ3) is 3.43. The number of piperidine rings is 1. The lowest BCUT2D eigenvalue weighted by molar-refractivity contribution is -0.136. The van der Waals surface area contributed by atoms with Gasteiger partial charge in [-0.2, -0.15) is 0 Å². The number of amides is 1. The molecule has 2 aromatic heterocycles. The zero-order chi connectivity index (χ0) is 18.3. The first-order valence-electron chi connectivity index (χ1n) is 9.54. The number of likely N-dealkylation sites (tertiary alicyclic amines) is 1. The molecule has 0 aromatic carbocycles. The van der Waals surface area contributed by atoms with Crippen molar-refractivity contribution in [1.29, 1.82) is 0 Å². The van der Waals surface area contributed by atoms with E-state index >= 15 is 0 Å². The van der Waals surface area contributed by atoms with E-state index in [1.807, 2.05) is 13.0 Å². The summed E-state index contributed by atoms with van der Waals surface area (Å²) >= 11 is 3.25. The van der Waals surface area contributed by atoms with Gasteiger partial charge < -0.3 is 4.90 Å². The van der Waals surface area contributed by atoms with Gasteiger partial charge in [-0.05, 0) is 64.3 Å². The van der Waals surface area contributed by atoms with Crippen molar-refractivity contribution < 1.29 is 4.79 Å². The molecular formula is C19H26N4OS2. The van der Waals surface area contributed by atoms with Crippen molar-refractivity contribution in [1.82, 2.24) is 19.7 Å². The highest BCUT2D eigenvalue weighted by atomic mass is 32.2. The van der Waals surface area contributed by atoms with E-state index in [0.717, 1.165) is 28.7 Å². The molecule has 0 radical (unpaired) electrons. The van der Waals surface area contributed by atoms with E-state index in [9.17, 15) is 4.79 Å². The van der Waals surface area contributed by atoms with E-state index < -0.39 is 0 Å². The molecule has 2 fully saturated rings. The van der Waals surface area contributed by atoms with E-state index in [1.165, 1.54) is 19.3 Å². The van der Waals surface area contributed by atoms with Crippen molar-refractivity contribution >= 4 is 29.0 Å². The van der Waals surface area contributed by atoms with Crippen LogP contribution >= 0.6 is 23.1 Å². The molecule has 26 heavy (non-hydrogen) atoms. The molecule has 5 nitrogen and oxygen atoms in total. The fourth-order valence-corrected chi connectivity index (χ4v) is 5.55. The molecule has 1 amide bonds. The van der Waals surface area contributed by atoms with Gasteiger partial charge in [-0.1, -0.05) is 17.8 Å². The zero-order valence-electron chi connectivity index (χ0n) is 15.6. The lowest BCUT2D eigenvalue weighted by Crippen LogP contribution is -2.50. The fraction of sp³-hybridized carbons (Fsp3) is 0.632. The molecule has 140 valence electrons. The van der Waals surface area contributed by atoms with Gasteiger partial charge >= 0.3 is 0 Å². The first kappa shape index (κ1) is 18.0. The Morgan fingerprint density at radius 3 is 2.58 bits per heavy atom. The fourth-order valence-electron chi connectivity index (χ4n) is 3.87. The molecule has 0 N–H and O–H groups in total. The van der Waals surface area contributed by atoms with Crippen LogP contribution in [0.1, 0.15) is 58.9 Å². The summed E-state index contributed by atoms with van der Waals surface area (Å²) in [6.07, 6.45) is 5.77. The van der Waals surface area contributed by atoms with Crippen molar-refractivity contribution in [3.05, 3.63) is 17.5 Å². The van der Waals surface area contributed by atoms with Crippen molar-refractivity contribution in [2.45, 2.75) is 81.4 Å². The number of thiophene rings is 1. The third-order valence-electron chi connectivity index (χ3n) is 5.40. The summed E-state index contributed by atoms with van der Waals surface area (Å²) in [7, 11) is 0. The second kappa shape index (κ2) is 7.35. The van der Waals surface area contributed by atoms with Gasteiger partial charge in [-0.25, -0.2) is 0 Å². The molecule has 0 spiro atoms. The second-order valence-electron chi connectivity index (χ2n) is 7.52. The molecule has 0 bridgehead atoms. The van der Waals surface area contributed by atoms with Gasteiger partial charge in [0.15, 0.2) is 11.0 Å². The largest absolute Gasteiger partial charge is 0.336 e. The maximum atomic E-state index is 13.1. The highest BCUT2D eigenvalue weighted by molar-refractivity contribution is 8.00. The lowest BCUT2D eigenvalue weighted by Gasteiger charge is -2.40. The maximum Gasteiger partial charge on any atom is 0.236 e. The van der Waals surface area contributed by atoms with Crippen LogP contribution in [0.5, 0.6) is 0 Å². The van der Waals surface area contributed by atoms with E-state index in [4.69, 9.17) is 0 Å². The highest BCUT2D eigenvalue weighted by Crippen LogP contribution is 2.42. The van der Waals surface area contributed by atoms with Gasteiger partial charge in [0.2, 0.25) is 5.91 Å². The van der Waals surface area contributed by atoms with Crippen molar-refractivity contribution in [3.63, 3.8) is 0 Å². The summed E-state index contributed by atoms with van der Waals surface area (Å²) in [6.45, 7) is 6.36. The van der Waals surface area contributed by atoms with Gasteiger partial charge in [0, 0.05) is 18.1 Å². The Morgan fingerprint density at radius 2 is 1.96 bits per heavy atom. The molecule has 1 aliphatic carbocycles. The summed E-state index contributed by atoms with van der Waals surface area (Å²) in [5.74, 6) is 1.18. The number of hydrogen-bond donors (Lipinski definition) is 0. The molecule has 1 saturated carbocycles. The zero-order valence-corrected chi connectivity index (χ0v) is 17.2. The standard InChI is InChI=1S/C19H26N4OS2/c1-12-6-4-7-13(2)22(12)18(24)14(3)26-19-21-20-17(16-8-5-11-25-16)23(19)15-9-10-15/h5,8,11-15H,4,6-7,9-10H2,1-3H3/t12-,13+,14-/m1/s1. The Hall–Kier alpha value is -1.34. The van der Waals surface area contributed by atoms with Gasteiger partial charge in [0.1, 0.15) is 0 Å². The minimum Gasteiger partial charge on any atom is -0.336 e. The second-order valence-corrected chi connectivity index (χ2v) is 9.77. The van der Waals surface area contributed by atoms with Gasteiger partial charge in [0.05, 0.1) is 10.1 Å². The number of nitrogens with zero attached hydrogens (tertiary/aromatic N) is 4. The van der Waals surface area contributed by atoms with Crippen LogP contribution in [-0.4, -0.2) is 42.9 Å². The Kier molecular flexibility index (Phi) is 5.10. The maximum absolute atomic E-state index is 13.1. The molecule has 3 atom stereocenters. The first-order valence-corrected chi connectivity index (χ1v) is 11.3. The number of carbonyl (C=O) groups excluding carboxylic acids is 1. The summed E-state index contributed by atoms with van der Waals surface area (Å²) < 4.78 is 2.25. The minimum atomic E-state index is -0.143. The topological polar surface area (TPSA) is 51.0 Å². The van der Waals surface area contributed by atoms with E-state index in [2.05, 4.69) is 45.0 Å². The summed E-state index contributed by atoms with van der Waals surface area (Å²) in [4.78, 5) is 16.3. The van der Waals surface area contributed by atoms with Crippen LogP contribution in [0, 0.1) is 0 Å². The van der Waals surface area contributed by atoms with Gasteiger partial charge in [-0.3, -0.25) is 9.36 Å². The number of hydrogen-bond acceptors (Lipinski definition) is 5. The Morgan fingerprint density at radius 1 is 1.23 bits per heavy atom. The van der Waals surface area contributed by atoms with Crippen LogP contribution in [0.2, 0.25) is 0 Å². The number of aromatic nitrogens is 3. The molecule has 1 aliphatic heterocycles. The third-order valence-corrected chi connectivity index (χ3v) is 7.31. The Balaban J connectivity index is 1.54. The number of carbonyl (C=O) groups is 1. The summed E-state index contributed by atoms with van der Waals surface area (Å²) in [5, 5.41) is 11.7. The van der Waals surface area contributed by atoms with Crippen LogP contribution in [-0.2, 0) is 4.79 Å². The summed E-state index contributed by atoms with van der Waals surface area (Å²) in [6, 6.07) is 5.28. The average Bonchev–Trinajstić information content (AvgIpc) is 3.14. The molecule has 7 heteroatoms. The highest BCUT2D eigenvalue weighted by Gasteiger charge is 2.35. The molecule has 2 aliphatic rings. The average molecular weight is 391 g/mol. The smallest absolute Gasteiger partial charge is 0.236 e. The molecule has 1 saturated heterocycles. The van der Waals surface area contributed by atoms with Gasteiger partial charge in [0.25, 0.3) is 0 Å². The first-order chi connectivity index (χ1) is 12.6. The lowest BCUT2D eigenvalue weighted by atomic mass is 9.97. The van der Waals surface area contributed by atoms with Crippen LogP contribution in [0.4, 0.5) is 0 Å². The van der Waals surface area contributed by atoms with Crippen molar-refractivity contribution in [2.24, 2.45) is 0 Å². The van der Waals surface area contributed by atoms with Crippen molar-refractivity contribution in [2.75, 3.05) is 0 Å². The van der Waals surface area contributed by atoms with E-state index in [-0.39, 0.29) is 11.2 Å². The number of rotatable bonds is 5. The van der Waals surface area contributed by atoms with Crippen LogP contribution in [0.15, 0.2) is 22.7 Å². The van der Waals surface area contributed by atoms with Crippen LogP contribution < -0.4 is 0 Å². The van der Waals surface area contributed by atoms with E-state index in [1.54, 1.807) is 23.1 Å². The summed E-state index contributed by atoms with van der Waals surface area (Å²) in [5.41, 5.74) is 0. The SMILES string of the molecule is C[C@@H]1CCC[C@H](C)N1C(=O)[C@@H](C)Sc1nnc(-c2cccs2)n1C1CC1. The van der Waals surface area contributed by atoms with Crippen LogP contribution in [0.25, 0.3) is 10.7 Å². The predicted octanol–water partition coefficient (Wildman–Crippen LogP) is 4.61. The molecule has 3 heterocycles. The molecule has 4 rings (SSSR count). The normalized spacial score (nSPS) is 24.7. The minimum absolute atomic E-state index is 0.143.